The first-order valence-electron chi connectivity index (χ1n) is 10.1. The number of aliphatic hydroxyl groups is 1. The van der Waals surface area contributed by atoms with Gasteiger partial charge in [0.2, 0.25) is 0 Å². The van der Waals surface area contributed by atoms with E-state index < -0.39 is 20.5 Å². The molecule has 2 aromatic rings. The summed E-state index contributed by atoms with van der Waals surface area (Å²) in [5.74, 6) is -0.350. The van der Waals surface area contributed by atoms with Crippen molar-refractivity contribution >= 4 is 24.7 Å². The second kappa shape index (κ2) is 8.79. The highest BCUT2D eigenvalue weighted by molar-refractivity contribution is 6.99. The van der Waals surface area contributed by atoms with Crippen LogP contribution in [-0.4, -0.2) is 51.3 Å². The van der Waals surface area contributed by atoms with Gasteiger partial charge in [0.25, 0.3) is 8.32 Å². The van der Waals surface area contributed by atoms with Crippen LogP contribution in [-0.2, 0) is 14.0 Å². The molecule has 29 heavy (non-hydrogen) atoms. The second-order valence-electron chi connectivity index (χ2n) is 8.63. The molecule has 6 heteroatoms. The molecule has 0 bridgehead atoms. The molecule has 0 amide bonds. The van der Waals surface area contributed by atoms with Gasteiger partial charge in [-0.25, -0.2) is 0 Å². The molecule has 5 nitrogen and oxygen atoms in total. The summed E-state index contributed by atoms with van der Waals surface area (Å²) in [6, 6.07) is 20.0. The Hall–Kier alpha value is -1.99. The molecule has 0 radical (unpaired) electrons. The minimum atomic E-state index is -2.67. The lowest BCUT2D eigenvalue weighted by atomic mass is 10.1. The Bertz CT molecular complexity index is 767. The van der Waals surface area contributed by atoms with E-state index in [9.17, 15) is 9.90 Å². The van der Waals surface area contributed by atoms with Crippen molar-refractivity contribution in [1.82, 2.24) is 5.32 Å². The van der Waals surface area contributed by atoms with Crippen molar-refractivity contribution in [2.75, 3.05) is 13.7 Å². The minimum Gasteiger partial charge on any atom is -0.468 e. The van der Waals surface area contributed by atoms with E-state index in [1.165, 1.54) is 17.5 Å². The van der Waals surface area contributed by atoms with Crippen LogP contribution in [0.15, 0.2) is 60.7 Å². The number of carbonyl (C=O) groups is 1. The summed E-state index contributed by atoms with van der Waals surface area (Å²) in [6.07, 6.45) is -0.320. The third kappa shape index (κ3) is 4.30. The molecule has 0 aliphatic carbocycles. The Balaban J connectivity index is 1.95. The van der Waals surface area contributed by atoms with Crippen molar-refractivity contribution in [3.63, 3.8) is 0 Å². The normalized spacial score (nSPS) is 22.4. The summed E-state index contributed by atoms with van der Waals surface area (Å²) in [6.45, 7) is 6.97. The Labute approximate surface area is 174 Å². The number of ether oxygens (including phenoxy) is 1. The number of rotatable bonds is 6. The van der Waals surface area contributed by atoms with Gasteiger partial charge in [0, 0.05) is 6.42 Å². The van der Waals surface area contributed by atoms with E-state index in [1.54, 1.807) is 0 Å². The monoisotopic (exact) mass is 413 g/mol. The van der Waals surface area contributed by atoms with Gasteiger partial charge in [-0.1, -0.05) is 81.4 Å². The van der Waals surface area contributed by atoms with Crippen LogP contribution in [0.5, 0.6) is 0 Å². The van der Waals surface area contributed by atoms with Crippen molar-refractivity contribution in [3.05, 3.63) is 60.7 Å². The molecular weight excluding hydrogens is 382 g/mol. The van der Waals surface area contributed by atoms with Crippen LogP contribution in [0.1, 0.15) is 27.2 Å². The Morgan fingerprint density at radius 1 is 1.07 bits per heavy atom. The molecule has 1 aliphatic heterocycles. The average molecular weight is 414 g/mol. The van der Waals surface area contributed by atoms with Crippen LogP contribution in [0.2, 0.25) is 5.04 Å². The Morgan fingerprint density at radius 3 is 2.03 bits per heavy atom. The number of hydrogen-bond donors (Lipinski definition) is 2. The molecule has 0 spiro atoms. The third-order valence-corrected chi connectivity index (χ3v) is 10.7. The zero-order valence-electron chi connectivity index (χ0n) is 17.6. The molecule has 0 saturated carbocycles. The fraction of sp³-hybridized carbons (Fsp3) is 0.435. The summed E-state index contributed by atoms with van der Waals surface area (Å²) in [4.78, 5) is 11.9. The van der Waals surface area contributed by atoms with Crippen LogP contribution in [0.4, 0.5) is 0 Å². The van der Waals surface area contributed by atoms with E-state index >= 15 is 0 Å². The van der Waals surface area contributed by atoms with Gasteiger partial charge in [0.1, 0.15) is 6.04 Å². The molecule has 1 saturated heterocycles. The van der Waals surface area contributed by atoms with Crippen LogP contribution in [0.25, 0.3) is 0 Å². The van der Waals surface area contributed by atoms with Gasteiger partial charge >= 0.3 is 5.97 Å². The lowest BCUT2D eigenvalue weighted by Gasteiger charge is -2.43. The highest BCUT2D eigenvalue weighted by atomic mass is 28.4. The minimum absolute atomic E-state index is 0.138. The second-order valence-corrected chi connectivity index (χ2v) is 12.9. The number of hydrogen-bond acceptors (Lipinski definition) is 5. The highest BCUT2D eigenvalue weighted by Gasteiger charge is 2.51. The van der Waals surface area contributed by atoms with Crippen LogP contribution in [0, 0.1) is 0 Å². The number of nitrogens with one attached hydrogen (secondary N) is 1. The van der Waals surface area contributed by atoms with E-state index in [0.29, 0.717) is 13.0 Å². The summed E-state index contributed by atoms with van der Waals surface area (Å²) in [5.41, 5.74) is 0. The van der Waals surface area contributed by atoms with Gasteiger partial charge in [0.15, 0.2) is 0 Å². The summed E-state index contributed by atoms with van der Waals surface area (Å²) in [7, 11) is -1.31. The van der Waals surface area contributed by atoms with Gasteiger partial charge in [-0.15, -0.1) is 0 Å². The molecule has 0 unspecified atom stereocenters. The molecule has 3 rings (SSSR count). The van der Waals surface area contributed by atoms with Crippen molar-refractivity contribution in [2.24, 2.45) is 0 Å². The standard InChI is InChI=1S/C23H31NO4Si/c1-23(2,3)29(17-11-7-5-8-12-17,18-13-9-6-10-14-18)28-16-20-21(25)15-19(24-20)22(26)27-4/h5-14,19-21,24-25H,15-16H2,1-4H3/t19-,20-,21+/m1/s1. The van der Waals surface area contributed by atoms with Crippen molar-refractivity contribution < 1.29 is 19.1 Å². The number of methoxy groups -OCH3 is 1. The molecule has 1 fully saturated rings. The molecule has 0 aromatic heterocycles. The smallest absolute Gasteiger partial charge is 0.322 e. The van der Waals surface area contributed by atoms with E-state index in [0.717, 1.165) is 0 Å². The van der Waals surface area contributed by atoms with Crippen molar-refractivity contribution in [2.45, 2.75) is 50.4 Å². The Morgan fingerprint density at radius 2 is 1.59 bits per heavy atom. The quantitative estimate of drug-likeness (QED) is 0.559. The van der Waals surface area contributed by atoms with Gasteiger partial charge in [-0.2, -0.15) is 0 Å². The summed E-state index contributed by atoms with van der Waals surface area (Å²) in [5, 5.41) is 15.9. The zero-order valence-corrected chi connectivity index (χ0v) is 18.6. The average Bonchev–Trinajstić information content (AvgIpc) is 3.09. The molecular formula is C23H31NO4Si. The Kier molecular flexibility index (Phi) is 6.58. The highest BCUT2D eigenvalue weighted by Crippen LogP contribution is 2.37. The number of carbonyl (C=O) groups excluding carboxylic acids is 1. The number of benzene rings is 2. The fourth-order valence-electron chi connectivity index (χ4n) is 4.29. The van der Waals surface area contributed by atoms with Gasteiger partial charge < -0.3 is 14.3 Å². The molecule has 2 N–H and O–H groups in total. The lowest BCUT2D eigenvalue weighted by molar-refractivity contribution is -0.142. The zero-order chi connectivity index (χ0) is 21.1. The maximum Gasteiger partial charge on any atom is 0.322 e. The first-order chi connectivity index (χ1) is 13.8. The van der Waals surface area contributed by atoms with Crippen LogP contribution < -0.4 is 15.7 Å². The molecule has 1 heterocycles. The van der Waals surface area contributed by atoms with Gasteiger partial charge in [0.05, 0.1) is 25.9 Å². The first-order valence-corrected chi connectivity index (χ1v) is 12.0. The van der Waals surface area contributed by atoms with E-state index in [-0.39, 0.29) is 17.0 Å². The lowest BCUT2D eigenvalue weighted by Crippen LogP contribution is -2.67. The van der Waals surface area contributed by atoms with Gasteiger partial charge in [-0.05, 0) is 15.4 Å². The topological polar surface area (TPSA) is 67.8 Å². The largest absolute Gasteiger partial charge is 0.468 e. The third-order valence-electron chi connectivity index (χ3n) is 5.74. The first kappa shape index (κ1) is 21.7. The molecule has 1 aliphatic rings. The molecule has 156 valence electrons. The van der Waals surface area contributed by atoms with Crippen LogP contribution in [0.3, 0.4) is 0 Å². The predicted molar refractivity (Wildman–Crippen MR) is 117 cm³/mol. The number of esters is 1. The predicted octanol–water partition coefficient (Wildman–Crippen LogP) is 1.83. The SMILES string of the molecule is COC(=O)[C@H]1C[C@H](O)[C@@H](CO[Si](c2ccccc2)(c2ccccc2)C(C)(C)C)N1. The van der Waals surface area contributed by atoms with E-state index in [4.69, 9.17) is 9.16 Å². The maximum atomic E-state index is 11.9. The van der Waals surface area contributed by atoms with E-state index in [2.05, 4.69) is 50.4 Å². The number of aliphatic hydroxyl groups excluding tert-OH is 1. The fourth-order valence-corrected chi connectivity index (χ4v) is 8.87. The van der Waals surface area contributed by atoms with Crippen molar-refractivity contribution in [3.8, 4) is 0 Å². The summed E-state index contributed by atoms with van der Waals surface area (Å²) >= 11 is 0. The molecule has 2 aromatic carbocycles. The van der Waals surface area contributed by atoms with Crippen molar-refractivity contribution in [1.29, 1.82) is 0 Å². The van der Waals surface area contributed by atoms with Gasteiger partial charge in [-0.3, -0.25) is 10.1 Å². The summed E-state index contributed by atoms with van der Waals surface area (Å²) < 4.78 is 11.7. The molecule has 3 atom stereocenters. The van der Waals surface area contributed by atoms with E-state index in [1.807, 2.05) is 36.4 Å². The van der Waals surface area contributed by atoms with Crippen LogP contribution >= 0.6 is 0 Å². The maximum absolute atomic E-state index is 11.9.